The summed E-state index contributed by atoms with van der Waals surface area (Å²) in [6.45, 7) is 0. The van der Waals surface area contributed by atoms with Crippen molar-refractivity contribution in [3.63, 3.8) is 0 Å². The second-order valence-electron chi connectivity index (χ2n) is 3.31. The smallest absolute Gasteiger partial charge is 0.336 e. The second kappa shape index (κ2) is 4.43. The molecule has 0 saturated heterocycles. The quantitative estimate of drug-likeness (QED) is 0.850. The number of carbonyl (C=O) groups excluding carboxylic acids is 1. The van der Waals surface area contributed by atoms with Gasteiger partial charge in [-0.3, -0.25) is 4.79 Å². The molecular weight excluding hydrogens is 244 g/mol. The average Bonchev–Trinajstić information content (AvgIpc) is 2.77. The largest absolute Gasteiger partial charge is 0.478 e. The van der Waals surface area contributed by atoms with Gasteiger partial charge in [0.05, 0.1) is 5.56 Å². The molecule has 2 aromatic rings. The van der Waals surface area contributed by atoms with E-state index in [-0.39, 0.29) is 11.3 Å². The zero-order valence-corrected chi connectivity index (χ0v) is 9.27. The molecule has 2 rings (SSSR count). The molecule has 0 bridgehead atoms. The maximum absolute atomic E-state index is 11.1. The molecule has 0 aliphatic carbocycles. The Morgan fingerprint density at radius 1 is 1.29 bits per heavy atom. The van der Waals surface area contributed by atoms with E-state index in [0.29, 0.717) is 22.6 Å². The van der Waals surface area contributed by atoms with Crippen molar-refractivity contribution in [2.75, 3.05) is 0 Å². The summed E-state index contributed by atoms with van der Waals surface area (Å²) in [5.41, 5.74) is 0.416. The molecule has 0 aliphatic rings. The topological polar surface area (TPSA) is 67.5 Å². The van der Waals surface area contributed by atoms with Gasteiger partial charge >= 0.3 is 5.97 Å². The first-order valence-corrected chi connectivity index (χ1v) is 5.08. The van der Waals surface area contributed by atoms with E-state index in [4.69, 9.17) is 21.1 Å². The van der Waals surface area contributed by atoms with Crippen molar-refractivity contribution in [1.82, 2.24) is 0 Å². The van der Waals surface area contributed by atoms with Crippen molar-refractivity contribution in [2.45, 2.75) is 0 Å². The first-order valence-electron chi connectivity index (χ1n) is 4.70. The molecule has 4 nitrogen and oxygen atoms in total. The number of hydrogen-bond acceptors (Lipinski definition) is 3. The normalized spacial score (nSPS) is 10.2. The monoisotopic (exact) mass is 250 g/mol. The van der Waals surface area contributed by atoms with E-state index < -0.39 is 5.97 Å². The number of hydrogen-bond donors (Lipinski definition) is 1. The van der Waals surface area contributed by atoms with Gasteiger partial charge in [-0.1, -0.05) is 11.6 Å². The molecule has 0 fully saturated rings. The highest BCUT2D eigenvalue weighted by Gasteiger charge is 2.15. The molecule has 1 aromatic carbocycles. The maximum atomic E-state index is 11.1. The number of furan rings is 1. The van der Waals surface area contributed by atoms with E-state index in [1.165, 1.54) is 12.1 Å². The molecule has 0 atom stereocenters. The van der Waals surface area contributed by atoms with Crippen molar-refractivity contribution < 1.29 is 19.1 Å². The lowest BCUT2D eigenvalue weighted by Gasteiger charge is -2.03. The minimum atomic E-state index is -1.11. The third-order valence-electron chi connectivity index (χ3n) is 2.22. The molecule has 0 radical (unpaired) electrons. The number of carboxylic acid groups (broad SMARTS) is 1. The Morgan fingerprint density at radius 2 is 2.06 bits per heavy atom. The van der Waals surface area contributed by atoms with Crippen molar-refractivity contribution in [3.05, 3.63) is 46.7 Å². The first-order chi connectivity index (χ1) is 8.11. The van der Waals surface area contributed by atoms with Crippen molar-refractivity contribution >= 4 is 23.9 Å². The van der Waals surface area contributed by atoms with Crippen LogP contribution in [0.2, 0.25) is 5.02 Å². The molecule has 1 N–H and O–H groups in total. The maximum Gasteiger partial charge on any atom is 0.336 e. The lowest BCUT2D eigenvalue weighted by Crippen LogP contribution is -1.98. The fraction of sp³-hybridized carbons (Fsp3) is 0. The highest BCUT2D eigenvalue weighted by molar-refractivity contribution is 6.31. The van der Waals surface area contributed by atoms with E-state index in [1.54, 1.807) is 18.2 Å². The first kappa shape index (κ1) is 11.4. The number of benzene rings is 1. The Labute approximate surface area is 101 Å². The van der Waals surface area contributed by atoms with E-state index in [9.17, 15) is 9.59 Å². The molecule has 86 valence electrons. The summed E-state index contributed by atoms with van der Waals surface area (Å²) in [7, 11) is 0. The van der Waals surface area contributed by atoms with Crippen LogP contribution in [0.3, 0.4) is 0 Å². The van der Waals surface area contributed by atoms with Crippen LogP contribution in [0, 0.1) is 0 Å². The van der Waals surface area contributed by atoms with Crippen LogP contribution in [0.4, 0.5) is 0 Å². The van der Waals surface area contributed by atoms with Gasteiger partial charge in [-0.25, -0.2) is 4.79 Å². The minimum Gasteiger partial charge on any atom is -0.478 e. The van der Waals surface area contributed by atoms with Crippen LogP contribution in [0.25, 0.3) is 11.3 Å². The van der Waals surface area contributed by atoms with E-state index in [2.05, 4.69) is 0 Å². The lowest BCUT2D eigenvalue weighted by atomic mass is 10.1. The molecule has 17 heavy (non-hydrogen) atoms. The van der Waals surface area contributed by atoms with Crippen molar-refractivity contribution in [1.29, 1.82) is 0 Å². The number of aromatic carboxylic acids is 1. The van der Waals surface area contributed by atoms with Gasteiger partial charge in [0.2, 0.25) is 0 Å². The Morgan fingerprint density at radius 3 is 2.65 bits per heavy atom. The van der Waals surface area contributed by atoms with Gasteiger partial charge < -0.3 is 9.52 Å². The van der Waals surface area contributed by atoms with Crippen LogP contribution in [-0.2, 0) is 0 Å². The highest BCUT2D eigenvalue weighted by atomic mass is 35.5. The Bertz CT molecular complexity index is 586. The van der Waals surface area contributed by atoms with Crippen LogP contribution >= 0.6 is 11.6 Å². The Kier molecular flexibility index (Phi) is 2.97. The zero-order chi connectivity index (χ0) is 12.4. The van der Waals surface area contributed by atoms with Crippen LogP contribution < -0.4 is 0 Å². The van der Waals surface area contributed by atoms with Crippen LogP contribution in [0.1, 0.15) is 20.9 Å². The molecule has 0 saturated carbocycles. The molecule has 0 aliphatic heterocycles. The summed E-state index contributed by atoms with van der Waals surface area (Å²) in [4.78, 5) is 21.5. The number of aldehydes is 1. The molecular formula is C12H7ClO4. The fourth-order valence-corrected chi connectivity index (χ4v) is 1.64. The predicted octanol–water partition coefficient (Wildman–Crippen LogP) is 3.11. The summed E-state index contributed by atoms with van der Waals surface area (Å²) in [5, 5.41) is 9.37. The molecule has 1 aromatic heterocycles. The lowest BCUT2D eigenvalue weighted by molar-refractivity contribution is 0.0697. The van der Waals surface area contributed by atoms with Gasteiger partial charge in [0.15, 0.2) is 12.0 Å². The van der Waals surface area contributed by atoms with E-state index >= 15 is 0 Å². The van der Waals surface area contributed by atoms with Crippen molar-refractivity contribution in [3.8, 4) is 11.3 Å². The number of rotatable bonds is 3. The van der Waals surface area contributed by atoms with Crippen LogP contribution in [0.15, 0.2) is 34.7 Å². The standard InChI is InChI=1S/C12H7ClO4/c13-7-1-3-9(10(5-7)12(15)16)11-4-2-8(6-14)17-11/h1-6H,(H,15,16). The molecule has 0 spiro atoms. The minimum absolute atomic E-state index is 0.0318. The number of carbonyl (C=O) groups is 2. The summed E-state index contributed by atoms with van der Waals surface area (Å²) < 4.78 is 5.18. The van der Waals surface area contributed by atoms with E-state index in [1.807, 2.05) is 0 Å². The summed E-state index contributed by atoms with van der Waals surface area (Å²) >= 11 is 5.73. The zero-order valence-electron chi connectivity index (χ0n) is 8.51. The number of halogens is 1. The highest BCUT2D eigenvalue weighted by Crippen LogP contribution is 2.27. The number of carboxylic acids is 1. The summed E-state index contributed by atoms with van der Waals surface area (Å²) in [6, 6.07) is 7.45. The SMILES string of the molecule is O=Cc1ccc(-c2ccc(Cl)cc2C(=O)O)o1. The third kappa shape index (κ3) is 2.21. The molecule has 0 unspecified atom stereocenters. The third-order valence-corrected chi connectivity index (χ3v) is 2.46. The van der Waals surface area contributed by atoms with Crippen LogP contribution in [-0.4, -0.2) is 17.4 Å². The van der Waals surface area contributed by atoms with Gasteiger partial charge in [0, 0.05) is 10.6 Å². The molecule has 5 heteroatoms. The van der Waals surface area contributed by atoms with E-state index in [0.717, 1.165) is 0 Å². The van der Waals surface area contributed by atoms with Crippen molar-refractivity contribution in [2.24, 2.45) is 0 Å². The van der Waals surface area contributed by atoms with Gasteiger partial charge in [-0.05, 0) is 30.3 Å². The average molecular weight is 251 g/mol. The predicted molar refractivity (Wildman–Crippen MR) is 61.5 cm³/mol. The van der Waals surface area contributed by atoms with Gasteiger partial charge in [0.25, 0.3) is 0 Å². The summed E-state index contributed by atoms with van der Waals surface area (Å²) in [6.07, 6.45) is 0.555. The fourth-order valence-electron chi connectivity index (χ4n) is 1.47. The van der Waals surface area contributed by atoms with Gasteiger partial charge in [0.1, 0.15) is 5.76 Å². The van der Waals surface area contributed by atoms with Crippen LogP contribution in [0.5, 0.6) is 0 Å². The van der Waals surface area contributed by atoms with Gasteiger partial charge in [-0.15, -0.1) is 0 Å². The second-order valence-corrected chi connectivity index (χ2v) is 3.75. The van der Waals surface area contributed by atoms with Gasteiger partial charge in [-0.2, -0.15) is 0 Å². The Hall–Kier alpha value is -2.07. The molecule has 0 amide bonds. The Balaban J connectivity index is 2.58. The summed E-state index contributed by atoms with van der Waals surface area (Å²) in [5.74, 6) is -0.640. The molecule has 1 heterocycles.